The highest BCUT2D eigenvalue weighted by molar-refractivity contribution is 6.46. The van der Waals surface area contributed by atoms with Crippen molar-refractivity contribution in [3.05, 3.63) is 34.0 Å². The summed E-state index contributed by atoms with van der Waals surface area (Å²) < 4.78 is 20.0. The van der Waals surface area contributed by atoms with Crippen molar-refractivity contribution in [1.29, 1.82) is 0 Å². The van der Waals surface area contributed by atoms with Gasteiger partial charge in [-0.05, 0) is 63.5 Å². The molecule has 2 amide bonds. The number of amides is 2. The first-order valence-corrected chi connectivity index (χ1v) is 10.4. The van der Waals surface area contributed by atoms with Gasteiger partial charge in [0.1, 0.15) is 12.6 Å². The van der Waals surface area contributed by atoms with E-state index in [1.54, 1.807) is 0 Å². The van der Waals surface area contributed by atoms with Crippen LogP contribution in [0.1, 0.15) is 51.4 Å². The molecule has 0 aromatic rings. The molecule has 0 aromatic carbocycles. The second kappa shape index (κ2) is 8.22. The number of hydrogen-bond donors (Lipinski definition) is 0. The summed E-state index contributed by atoms with van der Waals surface area (Å²) in [4.78, 5) is 42.5. The Morgan fingerprint density at radius 3 is 2.38 bits per heavy atom. The van der Waals surface area contributed by atoms with Gasteiger partial charge in [0.2, 0.25) is 0 Å². The zero-order valence-corrected chi connectivity index (χ0v) is 16.7. The molecule has 0 aromatic heterocycles. The number of esters is 1. The van der Waals surface area contributed by atoms with Gasteiger partial charge in [0.05, 0.1) is 16.4 Å². The molecule has 0 bridgehead atoms. The third-order valence-corrected chi connectivity index (χ3v) is 6.05. The number of rotatable bonds is 4. The summed E-state index contributed by atoms with van der Waals surface area (Å²) in [7, 11) is 0. The third-order valence-electron chi connectivity index (χ3n) is 5.73. The predicted octanol–water partition coefficient (Wildman–Crippen LogP) is 3.51. The Kier molecular flexibility index (Phi) is 5.67. The van der Waals surface area contributed by atoms with E-state index < -0.39 is 24.0 Å². The van der Waals surface area contributed by atoms with Crippen LogP contribution >= 0.6 is 11.6 Å². The van der Waals surface area contributed by atoms with E-state index in [1.807, 2.05) is 0 Å². The Morgan fingerprint density at radius 1 is 1.14 bits per heavy atom. The summed E-state index contributed by atoms with van der Waals surface area (Å²) in [6.45, 7) is -0.257. The minimum absolute atomic E-state index is 0.0340. The maximum absolute atomic E-state index is 14.7. The lowest BCUT2D eigenvalue weighted by atomic mass is 9.93. The number of allylic oxidation sites excluding steroid dienone is 3. The molecule has 6 nitrogen and oxygen atoms in total. The largest absolute Gasteiger partial charge is 0.461 e. The molecule has 1 heterocycles. The lowest BCUT2D eigenvalue weighted by Crippen LogP contribution is -2.36. The Balaban J connectivity index is 1.52. The molecule has 3 aliphatic carbocycles. The molecule has 29 heavy (non-hydrogen) atoms. The monoisotopic (exact) mass is 420 g/mol. The van der Waals surface area contributed by atoms with Crippen LogP contribution in [0.4, 0.5) is 4.39 Å². The Morgan fingerprint density at radius 2 is 1.76 bits per heavy atom. The van der Waals surface area contributed by atoms with Gasteiger partial charge < -0.3 is 4.74 Å². The number of halogens is 2. The number of carbonyl (C=O) groups excluding carboxylic acids is 3. The third kappa shape index (κ3) is 3.92. The molecule has 4 aliphatic rings. The van der Waals surface area contributed by atoms with E-state index in [1.165, 1.54) is 6.08 Å². The van der Waals surface area contributed by atoms with Crippen LogP contribution in [0.25, 0.3) is 0 Å². The smallest absolute Gasteiger partial charge is 0.327 e. The van der Waals surface area contributed by atoms with Gasteiger partial charge in [-0.25, -0.2) is 9.29 Å². The molecule has 1 atom stereocenters. The molecule has 1 aliphatic heterocycles. The van der Waals surface area contributed by atoms with Crippen molar-refractivity contribution in [2.24, 2.45) is 4.99 Å². The molecule has 1 unspecified atom stereocenters. The van der Waals surface area contributed by atoms with E-state index in [0.29, 0.717) is 24.0 Å². The van der Waals surface area contributed by atoms with Crippen LogP contribution in [0.3, 0.4) is 0 Å². The predicted molar refractivity (Wildman–Crippen MR) is 105 cm³/mol. The van der Waals surface area contributed by atoms with Gasteiger partial charge in [-0.1, -0.05) is 11.6 Å². The molecule has 154 valence electrons. The molecule has 0 N–H and O–H groups in total. The van der Waals surface area contributed by atoms with Crippen LogP contribution in [0.15, 0.2) is 39.0 Å². The normalized spacial score (nSPS) is 26.8. The van der Waals surface area contributed by atoms with Crippen LogP contribution in [0, 0.1) is 0 Å². The summed E-state index contributed by atoms with van der Waals surface area (Å²) in [5, 5.41) is 0.0340. The minimum Gasteiger partial charge on any atom is -0.461 e. The van der Waals surface area contributed by atoms with Crippen molar-refractivity contribution in [3.8, 4) is 0 Å². The first-order chi connectivity index (χ1) is 14.0. The first-order valence-electron chi connectivity index (χ1n) is 10.0. The van der Waals surface area contributed by atoms with E-state index in [-0.39, 0.29) is 29.1 Å². The van der Waals surface area contributed by atoms with E-state index in [9.17, 15) is 18.8 Å². The molecular weight excluding hydrogens is 399 g/mol. The number of hydrogen-bond acceptors (Lipinski definition) is 5. The van der Waals surface area contributed by atoms with E-state index >= 15 is 0 Å². The van der Waals surface area contributed by atoms with Gasteiger partial charge in [0, 0.05) is 11.1 Å². The lowest BCUT2D eigenvalue weighted by molar-refractivity contribution is -0.146. The van der Waals surface area contributed by atoms with Gasteiger partial charge in [-0.15, -0.1) is 0 Å². The SMILES string of the molecule is O=C(CN=C1C=C(N2C(=O)C3=C(CCCC3)C2=O)C(F)C=C1Cl)OC1CCCC1. The topological polar surface area (TPSA) is 76.0 Å². The van der Waals surface area contributed by atoms with Crippen LogP contribution < -0.4 is 0 Å². The maximum atomic E-state index is 14.7. The minimum atomic E-state index is -1.71. The molecule has 0 radical (unpaired) electrons. The number of aliphatic imine (C=N–C) groups is 1. The molecule has 1 fully saturated rings. The lowest BCUT2D eigenvalue weighted by Gasteiger charge is -2.24. The number of carbonyl (C=O) groups is 3. The second-order valence-corrected chi connectivity index (χ2v) is 8.10. The zero-order valence-electron chi connectivity index (χ0n) is 16.0. The Bertz CT molecular complexity index is 855. The van der Waals surface area contributed by atoms with Crippen molar-refractivity contribution in [2.75, 3.05) is 6.54 Å². The van der Waals surface area contributed by atoms with Gasteiger partial charge >= 0.3 is 5.97 Å². The Hall–Kier alpha value is -2.28. The van der Waals surface area contributed by atoms with Crippen molar-refractivity contribution < 1.29 is 23.5 Å². The number of alkyl halides is 1. The summed E-state index contributed by atoms with van der Waals surface area (Å²) in [6, 6.07) is 0. The highest BCUT2D eigenvalue weighted by Crippen LogP contribution is 2.37. The fraction of sp³-hybridized carbons (Fsp3) is 0.524. The average Bonchev–Trinajstić information content (AvgIpc) is 3.29. The van der Waals surface area contributed by atoms with Crippen LogP contribution in [0.5, 0.6) is 0 Å². The molecule has 4 rings (SSSR count). The quantitative estimate of drug-likeness (QED) is 0.515. The highest BCUT2D eigenvalue weighted by Gasteiger charge is 2.43. The number of ether oxygens (including phenoxy) is 1. The molecule has 0 saturated heterocycles. The fourth-order valence-electron chi connectivity index (χ4n) is 4.25. The van der Waals surface area contributed by atoms with E-state index in [0.717, 1.165) is 49.5 Å². The van der Waals surface area contributed by atoms with Crippen LogP contribution in [-0.2, 0) is 19.1 Å². The zero-order chi connectivity index (χ0) is 20.5. The summed E-state index contributed by atoms with van der Waals surface area (Å²) in [6.07, 6.45) is 7.13. The Labute approximate surface area is 173 Å². The van der Waals surface area contributed by atoms with Crippen molar-refractivity contribution >= 4 is 35.1 Å². The van der Waals surface area contributed by atoms with E-state index in [4.69, 9.17) is 16.3 Å². The van der Waals surface area contributed by atoms with Gasteiger partial charge in [0.15, 0.2) is 6.17 Å². The molecule has 0 spiro atoms. The van der Waals surface area contributed by atoms with Crippen molar-refractivity contribution in [2.45, 2.75) is 63.6 Å². The van der Waals surface area contributed by atoms with Crippen molar-refractivity contribution in [3.63, 3.8) is 0 Å². The summed E-state index contributed by atoms with van der Waals surface area (Å²) in [5.74, 6) is -1.41. The fourth-order valence-corrected chi connectivity index (χ4v) is 4.47. The van der Waals surface area contributed by atoms with Gasteiger partial charge in [-0.2, -0.15) is 0 Å². The van der Waals surface area contributed by atoms with E-state index in [2.05, 4.69) is 4.99 Å². The standard InChI is InChI=1S/C21H22ClFN2O4/c22-15-9-16(23)18(25-20(27)13-7-3-4-8-14(13)21(25)28)10-17(15)24-11-19(26)29-12-5-1-2-6-12/h9-10,12,16H,1-8,11H2. The maximum Gasteiger partial charge on any atom is 0.327 e. The van der Waals surface area contributed by atoms with Crippen molar-refractivity contribution in [1.82, 2.24) is 4.90 Å². The first kappa shape index (κ1) is 20.0. The van der Waals surface area contributed by atoms with Gasteiger partial charge in [-0.3, -0.25) is 19.4 Å². The second-order valence-electron chi connectivity index (χ2n) is 7.69. The summed E-state index contributed by atoms with van der Waals surface area (Å²) >= 11 is 6.09. The molecule has 8 heteroatoms. The van der Waals surface area contributed by atoms with Crippen LogP contribution in [0.2, 0.25) is 0 Å². The number of nitrogens with zero attached hydrogens (tertiary/aromatic N) is 2. The molecular formula is C21H22ClFN2O4. The average molecular weight is 421 g/mol. The van der Waals surface area contributed by atoms with Gasteiger partial charge in [0.25, 0.3) is 11.8 Å². The highest BCUT2D eigenvalue weighted by atomic mass is 35.5. The summed E-state index contributed by atoms with van der Waals surface area (Å²) in [5.41, 5.74) is 1.01. The number of imide groups is 1. The molecule has 1 saturated carbocycles. The van der Waals surface area contributed by atoms with Crippen LogP contribution in [-0.4, -0.2) is 47.2 Å².